The first kappa shape index (κ1) is 18.8. The number of methoxy groups -OCH3 is 3. The second kappa shape index (κ2) is 7.86. The number of fused-ring (bicyclic) bond motifs is 1. The van der Waals surface area contributed by atoms with Gasteiger partial charge in [-0.3, -0.25) is 4.40 Å². The molecular formula is C22H19N3O3S. The maximum atomic E-state index is 9.48. The number of ether oxygens (including phenoxy) is 3. The van der Waals surface area contributed by atoms with Gasteiger partial charge >= 0.3 is 0 Å². The highest BCUT2D eigenvalue weighted by Gasteiger charge is 2.20. The van der Waals surface area contributed by atoms with E-state index in [1.165, 1.54) is 0 Å². The van der Waals surface area contributed by atoms with Gasteiger partial charge in [-0.25, -0.2) is 4.98 Å². The van der Waals surface area contributed by atoms with Crippen LogP contribution in [0.2, 0.25) is 0 Å². The quantitative estimate of drug-likeness (QED) is 0.460. The van der Waals surface area contributed by atoms with Crippen molar-refractivity contribution < 1.29 is 14.2 Å². The van der Waals surface area contributed by atoms with Gasteiger partial charge in [0.05, 0.1) is 50.9 Å². The molecule has 0 N–H and O–H groups in total. The van der Waals surface area contributed by atoms with Gasteiger partial charge in [0.2, 0.25) is 0 Å². The van der Waals surface area contributed by atoms with E-state index < -0.39 is 0 Å². The number of nitrogens with zero attached hydrogens (tertiary/aromatic N) is 3. The molecule has 0 fully saturated rings. The molecule has 7 heteroatoms. The highest BCUT2D eigenvalue weighted by atomic mass is 32.1. The van der Waals surface area contributed by atoms with Crippen molar-refractivity contribution in [1.29, 1.82) is 5.26 Å². The van der Waals surface area contributed by atoms with Crippen LogP contribution in [0.3, 0.4) is 0 Å². The number of hydrogen-bond acceptors (Lipinski definition) is 6. The van der Waals surface area contributed by atoms with E-state index in [4.69, 9.17) is 19.2 Å². The van der Waals surface area contributed by atoms with Crippen molar-refractivity contribution in [2.24, 2.45) is 0 Å². The number of aromatic nitrogens is 2. The zero-order valence-electron chi connectivity index (χ0n) is 16.3. The van der Waals surface area contributed by atoms with E-state index in [9.17, 15) is 5.26 Å². The zero-order valence-corrected chi connectivity index (χ0v) is 17.1. The van der Waals surface area contributed by atoms with Crippen molar-refractivity contribution in [3.63, 3.8) is 0 Å². The molecule has 0 aliphatic heterocycles. The summed E-state index contributed by atoms with van der Waals surface area (Å²) in [5, 5.41) is 11.5. The monoisotopic (exact) mass is 405 g/mol. The molecule has 0 aliphatic rings. The average Bonchev–Trinajstić information content (AvgIpc) is 3.33. The second-order valence-electron chi connectivity index (χ2n) is 6.28. The van der Waals surface area contributed by atoms with Gasteiger partial charge in [0.25, 0.3) is 0 Å². The molecule has 0 aliphatic carbocycles. The van der Waals surface area contributed by atoms with Crippen LogP contribution in [-0.2, 0) is 6.42 Å². The predicted molar refractivity (Wildman–Crippen MR) is 113 cm³/mol. The van der Waals surface area contributed by atoms with E-state index >= 15 is 0 Å². The van der Waals surface area contributed by atoms with E-state index in [1.807, 2.05) is 42.5 Å². The molecule has 0 spiro atoms. The summed E-state index contributed by atoms with van der Waals surface area (Å²) < 4.78 is 18.2. The topological polar surface area (TPSA) is 68.8 Å². The van der Waals surface area contributed by atoms with Gasteiger partial charge in [-0.05, 0) is 30.3 Å². The summed E-state index contributed by atoms with van der Waals surface area (Å²) in [7, 11) is 4.85. The Hall–Kier alpha value is -3.50. The molecule has 0 saturated heterocycles. The van der Waals surface area contributed by atoms with Gasteiger partial charge in [0.1, 0.15) is 5.75 Å². The molecule has 0 saturated carbocycles. The van der Waals surface area contributed by atoms with Gasteiger partial charge in [0, 0.05) is 16.5 Å². The van der Waals surface area contributed by atoms with Gasteiger partial charge in [0.15, 0.2) is 16.5 Å². The van der Waals surface area contributed by atoms with Crippen molar-refractivity contribution in [1.82, 2.24) is 9.38 Å². The summed E-state index contributed by atoms with van der Waals surface area (Å²) >= 11 is 1.54. The molecule has 0 bridgehead atoms. The van der Waals surface area contributed by atoms with Crippen LogP contribution in [0.25, 0.3) is 27.5 Å². The lowest BCUT2D eigenvalue weighted by molar-refractivity contribution is 0.355. The van der Waals surface area contributed by atoms with Crippen molar-refractivity contribution in [2.75, 3.05) is 21.3 Å². The van der Waals surface area contributed by atoms with Crippen molar-refractivity contribution in [3.05, 3.63) is 53.5 Å². The maximum absolute atomic E-state index is 9.48. The Bertz CT molecular complexity index is 1220. The Morgan fingerprint density at radius 3 is 2.55 bits per heavy atom. The Morgan fingerprint density at radius 2 is 1.83 bits per heavy atom. The minimum absolute atomic E-state index is 0.235. The largest absolute Gasteiger partial charge is 0.497 e. The molecule has 2 aromatic heterocycles. The van der Waals surface area contributed by atoms with Crippen LogP contribution in [0.15, 0.2) is 47.8 Å². The number of thiazole rings is 1. The van der Waals surface area contributed by atoms with Crippen molar-refractivity contribution in [3.8, 4) is 45.8 Å². The number of hydrogen-bond donors (Lipinski definition) is 0. The molecule has 0 amide bonds. The van der Waals surface area contributed by atoms with E-state index in [0.29, 0.717) is 11.5 Å². The van der Waals surface area contributed by atoms with Crippen molar-refractivity contribution >= 4 is 16.3 Å². The number of benzene rings is 2. The van der Waals surface area contributed by atoms with Crippen molar-refractivity contribution in [2.45, 2.75) is 6.42 Å². The molecule has 2 heterocycles. The summed E-state index contributed by atoms with van der Waals surface area (Å²) in [6, 6.07) is 15.8. The highest BCUT2D eigenvalue weighted by molar-refractivity contribution is 7.15. The van der Waals surface area contributed by atoms with Gasteiger partial charge in [-0.1, -0.05) is 12.1 Å². The molecule has 2 aromatic carbocycles. The lowest BCUT2D eigenvalue weighted by Crippen LogP contribution is -1.96. The molecule has 6 nitrogen and oxygen atoms in total. The molecule has 146 valence electrons. The third-order valence-electron chi connectivity index (χ3n) is 4.73. The van der Waals surface area contributed by atoms with Crippen LogP contribution >= 0.6 is 11.3 Å². The first-order valence-corrected chi connectivity index (χ1v) is 9.80. The van der Waals surface area contributed by atoms with Crippen LogP contribution < -0.4 is 14.2 Å². The summed E-state index contributed by atoms with van der Waals surface area (Å²) in [4.78, 5) is 5.66. The average molecular weight is 405 g/mol. The van der Waals surface area contributed by atoms with E-state index in [1.54, 1.807) is 32.7 Å². The molecule has 0 unspecified atom stereocenters. The minimum Gasteiger partial charge on any atom is -0.497 e. The van der Waals surface area contributed by atoms with E-state index in [2.05, 4.69) is 15.8 Å². The fraction of sp³-hybridized carbons (Fsp3) is 0.182. The third-order valence-corrected chi connectivity index (χ3v) is 5.55. The summed E-state index contributed by atoms with van der Waals surface area (Å²) in [6.45, 7) is 0. The van der Waals surface area contributed by atoms with Gasteiger partial charge < -0.3 is 14.2 Å². The summed E-state index contributed by atoms with van der Waals surface area (Å²) in [5.74, 6) is 2.05. The second-order valence-corrected chi connectivity index (χ2v) is 7.12. The Morgan fingerprint density at radius 1 is 1.00 bits per heavy atom. The first-order chi connectivity index (χ1) is 14.2. The Balaban J connectivity index is 1.92. The van der Waals surface area contributed by atoms with Crippen LogP contribution in [0.5, 0.6) is 17.2 Å². The molecule has 4 aromatic rings. The van der Waals surface area contributed by atoms with E-state index in [0.717, 1.165) is 38.9 Å². The van der Waals surface area contributed by atoms with E-state index in [-0.39, 0.29) is 6.42 Å². The third kappa shape index (κ3) is 3.28. The highest BCUT2D eigenvalue weighted by Crippen LogP contribution is 2.37. The lowest BCUT2D eigenvalue weighted by Gasteiger charge is -2.10. The van der Waals surface area contributed by atoms with Crippen LogP contribution in [-0.4, -0.2) is 30.7 Å². The maximum Gasteiger partial charge on any atom is 0.194 e. The normalized spacial score (nSPS) is 10.7. The molecule has 0 radical (unpaired) electrons. The molecular weight excluding hydrogens is 386 g/mol. The minimum atomic E-state index is 0.235. The number of imidazole rings is 1. The fourth-order valence-corrected chi connectivity index (χ4v) is 4.27. The SMILES string of the molecule is COc1cccc(-c2csc3nc(-c4ccc(OC)c(OC)c4)c(CC#N)n23)c1. The Labute approximate surface area is 172 Å². The smallest absolute Gasteiger partial charge is 0.194 e. The standard InChI is InChI=1S/C22H19N3O3S/c1-26-16-6-4-5-14(11-16)18-13-29-22-24-21(17(9-10-23)25(18)22)15-7-8-19(27-2)20(12-15)28-3/h4-8,11-13H,9H2,1-3H3. The first-order valence-electron chi connectivity index (χ1n) is 8.92. The lowest BCUT2D eigenvalue weighted by atomic mass is 10.1. The molecule has 29 heavy (non-hydrogen) atoms. The van der Waals surface area contributed by atoms with Crippen LogP contribution in [0.1, 0.15) is 5.69 Å². The van der Waals surface area contributed by atoms with Gasteiger partial charge in [-0.2, -0.15) is 5.26 Å². The molecule has 0 atom stereocenters. The zero-order chi connectivity index (χ0) is 20.4. The molecule has 4 rings (SSSR count). The number of nitriles is 1. The summed E-state index contributed by atoms with van der Waals surface area (Å²) in [5.41, 5.74) is 4.47. The Kier molecular flexibility index (Phi) is 5.10. The van der Waals surface area contributed by atoms with Crippen LogP contribution in [0, 0.1) is 11.3 Å². The number of rotatable bonds is 6. The van der Waals surface area contributed by atoms with Gasteiger partial charge in [-0.15, -0.1) is 11.3 Å². The van der Waals surface area contributed by atoms with Crippen LogP contribution in [0.4, 0.5) is 0 Å². The fourth-order valence-electron chi connectivity index (χ4n) is 3.35. The predicted octanol–water partition coefficient (Wildman–Crippen LogP) is 4.82. The summed E-state index contributed by atoms with van der Waals surface area (Å²) in [6.07, 6.45) is 0.235.